The molecule has 0 fully saturated rings. The Kier molecular flexibility index (Phi) is 7.26. The molecule has 0 spiro atoms. The van der Waals surface area contributed by atoms with E-state index < -0.39 is 0 Å². The molecular weight excluding hydrogens is 394 g/mol. The highest BCUT2D eigenvalue weighted by atomic mass is 32.2. The Morgan fingerprint density at radius 1 is 1.07 bits per heavy atom. The van der Waals surface area contributed by atoms with Gasteiger partial charge in [-0.2, -0.15) is 4.68 Å². The smallest absolute Gasteiger partial charge is 0.230 e. The van der Waals surface area contributed by atoms with E-state index in [1.54, 1.807) is 4.68 Å². The van der Waals surface area contributed by atoms with Gasteiger partial charge in [-0.1, -0.05) is 68.1 Å². The molecule has 0 saturated carbocycles. The zero-order valence-electron chi connectivity index (χ0n) is 18.2. The molecule has 2 aromatic carbocycles. The molecular formula is C23H29N5OS. The fourth-order valence-electron chi connectivity index (χ4n) is 3.46. The van der Waals surface area contributed by atoms with E-state index in [1.165, 1.54) is 17.3 Å². The Hall–Kier alpha value is -2.67. The summed E-state index contributed by atoms with van der Waals surface area (Å²) in [6.07, 6.45) is 1.06. The standard InChI is InChI=1S/C23H29N5OS/c1-15(2)13-19-9-11-20(12-10-19)18(5)24-21(29)14-30-23-25-26-27-28(23)22-16(3)7-6-8-17(22)4/h6-12,15,18H,13-14H2,1-5H3,(H,24,29)/t18-/m0/s1. The van der Waals surface area contributed by atoms with Crippen LogP contribution in [0.4, 0.5) is 0 Å². The van der Waals surface area contributed by atoms with Gasteiger partial charge < -0.3 is 5.32 Å². The number of carbonyl (C=O) groups is 1. The Labute approximate surface area is 182 Å². The van der Waals surface area contributed by atoms with Crippen LogP contribution in [-0.4, -0.2) is 31.9 Å². The van der Waals surface area contributed by atoms with E-state index in [2.05, 4.69) is 59.0 Å². The van der Waals surface area contributed by atoms with Crippen LogP contribution in [0.25, 0.3) is 5.69 Å². The highest BCUT2D eigenvalue weighted by molar-refractivity contribution is 7.99. The van der Waals surface area contributed by atoms with Crippen molar-refractivity contribution in [1.29, 1.82) is 0 Å². The van der Waals surface area contributed by atoms with Gasteiger partial charge >= 0.3 is 0 Å². The second-order valence-electron chi connectivity index (χ2n) is 8.03. The molecule has 1 N–H and O–H groups in total. The van der Waals surface area contributed by atoms with Crippen LogP contribution in [0.5, 0.6) is 0 Å². The Morgan fingerprint density at radius 3 is 2.37 bits per heavy atom. The fourth-order valence-corrected chi connectivity index (χ4v) is 4.15. The lowest BCUT2D eigenvalue weighted by Crippen LogP contribution is -2.28. The number of hydrogen-bond acceptors (Lipinski definition) is 5. The SMILES string of the molecule is Cc1cccc(C)c1-n1nnnc1SCC(=O)N[C@@H](C)c1ccc(CC(C)C)cc1. The molecule has 0 radical (unpaired) electrons. The van der Waals surface area contributed by atoms with Gasteiger partial charge in [0, 0.05) is 0 Å². The lowest BCUT2D eigenvalue weighted by molar-refractivity contribution is -0.119. The number of para-hydroxylation sites is 1. The first-order valence-electron chi connectivity index (χ1n) is 10.2. The van der Waals surface area contributed by atoms with E-state index in [0.29, 0.717) is 11.1 Å². The molecule has 7 heteroatoms. The number of thioether (sulfide) groups is 1. The van der Waals surface area contributed by atoms with E-state index in [0.717, 1.165) is 28.8 Å². The summed E-state index contributed by atoms with van der Waals surface area (Å²) >= 11 is 1.34. The van der Waals surface area contributed by atoms with E-state index in [-0.39, 0.29) is 17.7 Å². The molecule has 3 aromatic rings. The zero-order chi connectivity index (χ0) is 21.7. The van der Waals surface area contributed by atoms with E-state index in [4.69, 9.17) is 0 Å². The van der Waals surface area contributed by atoms with E-state index in [9.17, 15) is 4.79 Å². The van der Waals surface area contributed by atoms with E-state index >= 15 is 0 Å². The van der Waals surface area contributed by atoms with Crippen molar-refractivity contribution in [2.75, 3.05) is 5.75 Å². The fraction of sp³-hybridized carbons (Fsp3) is 0.391. The highest BCUT2D eigenvalue weighted by Crippen LogP contribution is 2.23. The van der Waals surface area contributed by atoms with Crippen LogP contribution in [0.15, 0.2) is 47.6 Å². The summed E-state index contributed by atoms with van der Waals surface area (Å²) in [6.45, 7) is 10.5. The molecule has 158 valence electrons. The van der Waals surface area contributed by atoms with Gasteiger partial charge in [0.2, 0.25) is 11.1 Å². The van der Waals surface area contributed by atoms with Crippen molar-refractivity contribution in [3.63, 3.8) is 0 Å². The second kappa shape index (κ2) is 9.89. The average Bonchev–Trinajstić information content (AvgIpc) is 3.14. The number of rotatable bonds is 8. The summed E-state index contributed by atoms with van der Waals surface area (Å²) in [5, 5.41) is 15.7. The third-order valence-corrected chi connectivity index (χ3v) is 5.85. The summed E-state index contributed by atoms with van der Waals surface area (Å²) in [7, 11) is 0. The van der Waals surface area contributed by atoms with Crippen molar-refractivity contribution in [3.05, 3.63) is 64.7 Å². The minimum absolute atomic E-state index is 0.0465. The summed E-state index contributed by atoms with van der Waals surface area (Å²) in [4.78, 5) is 12.5. The topological polar surface area (TPSA) is 72.7 Å². The lowest BCUT2D eigenvalue weighted by Gasteiger charge is -2.15. The van der Waals surface area contributed by atoms with Gasteiger partial charge in [-0.15, -0.1) is 5.10 Å². The number of tetrazole rings is 1. The molecule has 30 heavy (non-hydrogen) atoms. The van der Waals surface area contributed by atoms with Crippen LogP contribution in [-0.2, 0) is 11.2 Å². The van der Waals surface area contributed by atoms with Crippen molar-refractivity contribution in [2.24, 2.45) is 5.92 Å². The number of carbonyl (C=O) groups excluding carboxylic acids is 1. The van der Waals surface area contributed by atoms with Gasteiger partial charge in [0.1, 0.15) is 0 Å². The molecule has 1 heterocycles. The first-order valence-corrected chi connectivity index (χ1v) is 11.2. The number of hydrogen-bond donors (Lipinski definition) is 1. The number of aromatic nitrogens is 4. The molecule has 0 aliphatic rings. The van der Waals surface area contributed by atoms with Crippen molar-refractivity contribution >= 4 is 17.7 Å². The lowest BCUT2D eigenvalue weighted by atomic mass is 10.00. The number of nitrogens with one attached hydrogen (secondary N) is 1. The maximum atomic E-state index is 12.5. The van der Waals surface area contributed by atoms with Crippen LogP contribution < -0.4 is 5.32 Å². The minimum atomic E-state index is -0.0548. The third kappa shape index (κ3) is 5.48. The van der Waals surface area contributed by atoms with Gasteiger partial charge in [-0.25, -0.2) is 0 Å². The summed E-state index contributed by atoms with van der Waals surface area (Å²) in [5.41, 5.74) is 5.55. The molecule has 1 amide bonds. The molecule has 0 unspecified atom stereocenters. The largest absolute Gasteiger partial charge is 0.349 e. The summed E-state index contributed by atoms with van der Waals surface area (Å²) < 4.78 is 1.71. The van der Waals surface area contributed by atoms with Gasteiger partial charge in [0.25, 0.3) is 0 Å². The molecule has 0 aliphatic heterocycles. The minimum Gasteiger partial charge on any atom is -0.349 e. The van der Waals surface area contributed by atoms with E-state index in [1.807, 2.05) is 39.0 Å². The van der Waals surface area contributed by atoms with Gasteiger partial charge in [0.15, 0.2) is 0 Å². The van der Waals surface area contributed by atoms with Gasteiger partial charge in [-0.3, -0.25) is 4.79 Å². The Morgan fingerprint density at radius 2 is 1.73 bits per heavy atom. The third-order valence-electron chi connectivity index (χ3n) is 4.93. The quantitative estimate of drug-likeness (QED) is 0.542. The maximum absolute atomic E-state index is 12.5. The highest BCUT2D eigenvalue weighted by Gasteiger charge is 2.16. The Bertz CT molecular complexity index is 977. The van der Waals surface area contributed by atoms with Crippen molar-refractivity contribution in [1.82, 2.24) is 25.5 Å². The van der Waals surface area contributed by atoms with Crippen molar-refractivity contribution in [3.8, 4) is 5.69 Å². The summed E-state index contributed by atoms with van der Waals surface area (Å²) in [5.74, 6) is 0.834. The number of amides is 1. The monoisotopic (exact) mass is 423 g/mol. The normalized spacial score (nSPS) is 12.2. The van der Waals surface area contributed by atoms with Crippen molar-refractivity contribution in [2.45, 2.75) is 52.2 Å². The molecule has 1 atom stereocenters. The van der Waals surface area contributed by atoms with Gasteiger partial charge in [0.05, 0.1) is 17.5 Å². The predicted molar refractivity (Wildman–Crippen MR) is 121 cm³/mol. The van der Waals surface area contributed by atoms with Crippen LogP contribution in [0.3, 0.4) is 0 Å². The summed E-state index contributed by atoms with van der Waals surface area (Å²) in [6, 6.07) is 14.5. The molecule has 0 bridgehead atoms. The maximum Gasteiger partial charge on any atom is 0.230 e. The zero-order valence-corrected chi connectivity index (χ0v) is 19.0. The van der Waals surface area contributed by atoms with Crippen LogP contribution in [0.2, 0.25) is 0 Å². The first kappa shape index (κ1) is 22.0. The number of benzene rings is 2. The average molecular weight is 424 g/mol. The van der Waals surface area contributed by atoms with Crippen LogP contribution >= 0.6 is 11.8 Å². The molecule has 1 aromatic heterocycles. The number of aryl methyl sites for hydroxylation is 2. The number of nitrogens with zero attached hydrogens (tertiary/aromatic N) is 4. The first-order chi connectivity index (χ1) is 14.3. The molecule has 0 saturated heterocycles. The van der Waals surface area contributed by atoms with Crippen LogP contribution in [0.1, 0.15) is 49.1 Å². The molecule has 3 rings (SSSR count). The van der Waals surface area contributed by atoms with Crippen LogP contribution in [0, 0.1) is 19.8 Å². The predicted octanol–water partition coefficient (Wildman–Crippen LogP) is 4.45. The molecule has 6 nitrogen and oxygen atoms in total. The second-order valence-corrected chi connectivity index (χ2v) is 8.97. The van der Waals surface area contributed by atoms with Crippen molar-refractivity contribution < 1.29 is 4.79 Å². The van der Waals surface area contributed by atoms with Gasteiger partial charge in [-0.05, 0) is 65.8 Å². The Balaban J connectivity index is 1.60. The molecule has 0 aliphatic carbocycles.